The van der Waals surface area contributed by atoms with Crippen molar-refractivity contribution in [3.05, 3.63) is 27.7 Å². The lowest BCUT2D eigenvalue weighted by atomic mass is 10.0. The van der Waals surface area contributed by atoms with E-state index < -0.39 is 0 Å². The van der Waals surface area contributed by atoms with E-state index in [1.807, 2.05) is 6.92 Å². The second-order valence-electron chi connectivity index (χ2n) is 2.84. The molecule has 1 aromatic rings. The van der Waals surface area contributed by atoms with Crippen LogP contribution in [0.4, 0.5) is 0 Å². The van der Waals surface area contributed by atoms with Crippen LogP contribution in [0.2, 0.25) is 10.0 Å². The Bertz CT molecular complexity index is 291. The number of aromatic hydroxyl groups is 1. The van der Waals surface area contributed by atoms with Crippen molar-refractivity contribution in [1.82, 2.24) is 0 Å². The van der Waals surface area contributed by atoms with Gasteiger partial charge in [-0.05, 0) is 18.6 Å². The van der Waals surface area contributed by atoms with Gasteiger partial charge in [-0.25, -0.2) is 0 Å². The predicted molar refractivity (Wildman–Crippen MR) is 55.3 cm³/mol. The van der Waals surface area contributed by atoms with Crippen molar-refractivity contribution < 1.29 is 5.11 Å². The average molecular weight is 220 g/mol. The maximum Gasteiger partial charge on any atom is 0.123 e. The monoisotopic (exact) mass is 219 g/mol. The molecule has 72 valence electrons. The summed E-state index contributed by atoms with van der Waals surface area (Å²) < 4.78 is 0. The van der Waals surface area contributed by atoms with E-state index in [4.69, 9.17) is 28.9 Å². The fourth-order valence-electron chi connectivity index (χ4n) is 1.14. The SMILES string of the molecule is CC[C@@H](N)c1c(O)cc(Cl)cc1Cl. The number of rotatable bonds is 2. The molecule has 0 aliphatic rings. The van der Waals surface area contributed by atoms with Crippen LogP contribution in [0.1, 0.15) is 24.9 Å². The Morgan fingerprint density at radius 1 is 1.46 bits per heavy atom. The molecule has 0 radical (unpaired) electrons. The minimum atomic E-state index is -0.246. The Morgan fingerprint density at radius 2 is 2.08 bits per heavy atom. The van der Waals surface area contributed by atoms with E-state index in [1.54, 1.807) is 6.07 Å². The van der Waals surface area contributed by atoms with Gasteiger partial charge in [0.1, 0.15) is 5.75 Å². The lowest BCUT2D eigenvalue weighted by molar-refractivity contribution is 0.460. The molecule has 4 heteroatoms. The molecule has 0 saturated heterocycles. The first-order chi connectivity index (χ1) is 6.06. The molecule has 1 rings (SSSR count). The van der Waals surface area contributed by atoms with E-state index in [9.17, 15) is 5.11 Å². The highest BCUT2D eigenvalue weighted by Crippen LogP contribution is 2.34. The Hall–Kier alpha value is -0.440. The Morgan fingerprint density at radius 3 is 2.54 bits per heavy atom. The maximum absolute atomic E-state index is 9.52. The lowest BCUT2D eigenvalue weighted by Crippen LogP contribution is -2.09. The second-order valence-corrected chi connectivity index (χ2v) is 3.68. The Labute approximate surface area is 87.3 Å². The van der Waals surface area contributed by atoms with Gasteiger partial charge in [-0.2, -0.15) is 0 Å². The molecule has 0 heterocycles. The van der Waals surface area contributed by atoms with E-state index >= 15 is 0 Å². The zero-order chi connectivity index (χ0) is 10.0. The summed E-state index contributed by atoms with van der Waals surface area (Å²) in [4.78, 5) is 0. The molecule has 0 saturated carbocycles. The van der Waals surface area contributed by atoms with Gasteiger partial charge in [0.05, 0.1) is 5.02 Å². The topological polar surface area (TPSA) is 46.2 Å². The standard InChI is InChI=1S/C9H11Cl2NO/c1-2-7(12)9-6(11)3-5(10)4-8(9)13/h3-4,7,13H,2,12H2,1H3/t7-/m1/s1. The molecule has 0 aliphatic heterocycles. The number of nitrogens with two attached hydrogens (primary N) is 1. The van der Waals surface area contributed by atoms with Crippen molar-refractivity contribution in [3.63, 3.8) is 0 Å². The molecule has 0 unspecified atom stereocenters. The number of phenolic OH excluding ortho intramolecular Hbond substituents is 1. The molecule has 1 atom stereocenters. The maximum atomic E-state index is 9.52. The van der Waals surface area contributed by atoms with Crippen molar-refractivity contribution in [2.24, 2.45) is 5.73 Å². The molecule has 0 fully saturated rings. The fraction of sp³-hybridized carbons (Fsp3) is 0.333. The van der Waals surface area contributed by atoms with Crippen molar-refractivity contribution >= 4 is 23.2 Å². The average Bonchev–Trinajstić information content (AvgIpc) is 2.02. The highest BCUT2D eigenvalue weighted by Gasteiger charge is 2.14. The van der Waals surface area contributed by atoms with Gasteiger partial charge in [-0.1, -0.05) is 30.1 Å². The summed E-state index contributed by atoms with van der Waals surface area (Å²) in [6.07, 6.45) is 0.717. The molecule has 0 bridgehead atoms. The number of halogens is 2. The first kappa shape index (κ1) is 10.6. The molecule has 13 heavy (non-hydrogen) atoms. The van der Waals surface area contributed by atoms with Crippen molar-refractivity contribution in [1.29, 1.82) is 0 Å². The third-order valence-corrected chi connectivity index (χ3v) is 2.41. The van der Waals surface area contributed by atoms with Crippen LogP contribution in [0.3, 0.4) is 0 Å². The zero-order valence-corrected chi connectivity index (χ0v) is 8.73. The van der Waals surface area contributed by atoms with E-state index in [2.05, 4.69) is 0 Å². The van der Waals surface area contributed by atoms with Crippen LogP contribution in [0, 0.1) is 0 Å². The molecule has 1 aromatic carbocycles. The van der Waals surface area contributed by atoms with Crippen LogP contribution in [0.5, 0.6) is 5.75 Å². The Balaban J connectivity index is 3.20. The molecule has 0 aliphatic carbocycles. The smallest absolute Gasteiger partial charge is 0.123 e. The summed E-state index contributed by atoms with van der Waals surface area (Å²) in [6.45, 7) is 1.93. The van der Waals surface area contributed by atoms with E-state index in [1.165, 1.54) is 6.07 Å². The minimum Gasteiger partial charge on any atom is -0.508 e. The molecule has 2 nitrogen and oxygen atoms in total. The Kier molecular flexibility index (Phi) is 3.42. The van der Waals surface area contributed by atoms with Gasteiger partial charge in [0.2, 0.25) is 0 Å². The third kappa shape index (κ3) is 2.27. The van der Waals surface area contributed by atoms with Gasteiger partial charge in [-0.3, -0.25) is 0 Å². The third-order valence-electron chi connectivity index (χ3n) is 1.88. The second kappa shape index (κ2) is 4.18. The number of phenols is 1. The van der Waals surface area contributed by atoms with Gasteiger partial charge in [0.15, 0.2) is 0 Å². The number of benzene rings is 1. The highest BCUT2D eigenvalue weighted by molar-refractivity contribution is 6.35. The van der Waals surface area contributed by atoms with Crippen LogP contribution >= 0.6 is 23.2 Å². The van der Waals surface area contributed by atoms with Gasteiger partial charge in [0, 0.05) is 16.6 Å². The molecular formula is C9H11Cl2NO. The largest absolute Gasteiger partial charge is 0.508 e. The first-order valence-corrected chi connectivity index (χ1v) is 4.75. The predicted octanol–water partition coefficient (Wildman–Crippen LogP) is 3.11. The lowest BCUT2D eigenvalue weighted by Gasteiger charge is -2.13. The van der Waals surface area contributed by atoms with Gasteiger partial charge >= 0.3 is 0 Å². The van der Waals surface area contributed by atoms with Crippen LogP contribution in [0.25, 0.3) is 0 Å². The van der Waals surface area contributed by atoms with Gasteiger partial charge in [0.25, 0.3) is 0 Å². The van der Waals surface area contributed by atoms with Crippen LogP contribution < -0.4 is 5.73 Å². The van der Waals surface area contributed by atoms with Crippen LogP contribution in [-0.2, 0) is 0 Å². The van der Waals surface area contributed by atoms with E-state index in [0.29, 0.717) is 15.6 Å². The normalized spacial score (nSPS) is 12.9. The quantitative estimate of drug-likeness (QED) is 0.804. The first-order valence-electron chi connectivity index (χ1n) is 3.99. The fourth-order valence-corrected chi connectivity index (χ4v) is 1.77. The summed E-state index contributed by atoms with van der Waals surface area (Å²) in [5.41, 5.74) is 6.32. The zero-order valence-electron chi connectivity index (χ0n) is 7.22. The van der Waals surface area contributed by atoms with Crippen molar-refractivity contribution in [2.75, 3.05) is 0 Å². The summed E-state index contributed by atoms with van der Waals surface area (Å²) in [7, 11) is 0. The highest BCUT2D eigenvalue weighted by atomic mass is 35.5. The van der Waals surface area contributed by atoms with Gasteiger partial charge in [-0.15, -0.1) is 0 Å². The molecule has 0 aromatic heterocycles. The van der Waals surface area contributed by atoms with Gasteiger partial charge < -0.3 is 10.8 Å². The van der Waals surface area contributed by atoms with Crippen LogP contribution in [0.15, 0.2) is 12.1 Å². The van der Waals surface area contributed by atoms with Crippen LogP contribution in [-0.4, -0.2) is 5.11 Å². The van der Waals surface area contributed by atoms with Crippen molar-refractivity contribution in [2.45, 2.75) is 19.4 Å². The summed E-state index contributed by atoms with van der Waals surface area (Å²) in [5, 5.41) is 10.4. The summed E-state index contributed by atoms with van der Waals surface area (Å²) >= 11 is 11.6. The number of hydrogen-bond donors (Lipinski definition) is 2. The van der Waals surface area contributed by atoms with Crippen molar-refractivity contribution in [3.8, 4) is 5.75 Å². The molecule has 0 spiro atoms. The molecular weight excluding hydrogens is 209 g/mol. The number of hydrogen-bond acceptors (Lipinski definition) is 2. The summed E-state index contributed by atoms with van der Waals surface area (Å²) in [5.74, 6) is 0.0619. The molecule has 3 N–H and O–H groups in total. The van der Waals surface area contributed by atoms with E-state index in [-0.39, 0.29) is 11.8 Å². The molecule has 0 amide bonds. The summed E-state index contributed by atoms with van der Waals surface area (Å²) in [6, 6.07) is 2.77. The van der Waals surface area contributed by atoms with E-state index in [0.717, 1.165) is 6.42 Å². The minimum absolute atomic E-state index is 0.0619.